The number of hydrogen-bond acceptors (Lipinski definition) is 3. The fraction of sp³-hybridized carbons (Fsp3) is 0.611. The van der Waals surface area contributed by atoms with Crippen LogP contribution in [0.5, 0.6) is 0 Å². The summed E-state index contributed by atoms with van der Waals surface area (Å²) in [6.45, 7) is 11.0. The highest BCUT2D eigenvalue weighted by molar-refractivity contribution is 5.95. The van der Waals surface area contributed by atoms with Crippen LogP contribution in [0.4, 0.5) is 5.69 Å². The van der Waals surface area contributed by atoms with E-state index in [2.05, 4.69) is 37.1 Å². The predicted molar refractivity (Wildman–Crippen MR) is 99.2 cm³/mol. The normalized spacial score (nSPS) is 22.7. The molecule has 5 heteroatoms. The van der Waals surface area contributed by atoms with Crippen LogP contribution in [-0.2, 0) is 4.79 Å². The van der Waals surface area contributed by atoms with Gasteiger partial charge in [0.2, 0.25) is 5.91 Å². The predicted octanol–water partition coefficient (Wildman–Crippen LogP) is 3.23. The zero-order chi connectivity index (χ0) is 16.3. The number of amides is 1. The lowest BCUT2D eigenvalue weighted by Gasteiger charge is -2.27. The van der Waals surface area contributed by atoms with Crippen molar-refractivity contribution in [1.82, 2.24) is 4.90 Å². The molecular formula is C18H30ClN3O. The van der Waals surface area contributed by atoms with Gasteiger partial charge in [-0.1, -0.05) is 39.0 Å². The van der Waals surface area contributed by atoms with Crippen molar-refractivity contribution in [2.45, 2.75) is 46.1 Å². The molecule has 4 nitrogen and oxygen atoms in total. The summed E-state index contributed by atoms with van der Waals surface area (Å²) in [6.07, 6.45) is 1.06. The van der Waals surface area contributed by atoms with Gasteiger partial charge in [-0.25, -0.2) is 0 Å². The molecule has 0 aliphatic carbocycles. The van der Waals surface area contributed by atoms with E-state index in [0.29, 0.717) is 12.5 Å². The molecule has 2 rings (SSSR count). The van der Waals surface area contributed by atoms with Crippen LogP contribution in [-0.4, -0.2) is 36.5 Å². The first-order chi connectivity index (χ1) is 10.4. The number of para-hydroxylation sites is 1. The summed E-state index contributed by atoms with van der Waals surface area (Å²) >= 11 is 0. The zero-order valence-corrected chi connectivity index (χ0v) is 15.5. The number of nitrogens with two attached hydrogens (primary N) is 1. The van der Waals surface area contributed by atoms with Gasteiger partial charge >= 0.3 is 0 Å². The minimum atomic E-state index is -0.131. The molecule has 0 spiro atoms. The second-order valence-electron chi connectivity index (χ2n) is 7.14. The lowest BCUT2D eigenvalue weighted by Crippen LogP contribution is -2.42. The van der Waals surface area contributed by atoms with E-state index in [1.807, 2.05) is 25.1 Å². The minimum Gasteiger partial charge on any atom is -0.330 e. The lowest BCUT2D eigenvalue weighted by molar-refractivity contribution is -0.120. The van der Waals surface area contributed by atoms with Crippen molar-refractivity contribution >= 4 is 24.0 Å². The largest absolute Gasteiger partial charge is 0.330 e. The molecule has 1 saturated heterocycles. The number of rotatable bonds is 5. The van der Waals surface area contributed by atoms with Gasteiger partial charge in [-0.05, 0) is 49.4 Å². The maximum absolute atomic E-state index is 12.6. The summed E-state index contributed by atoms with van der Waals surface area (Å²) in [4.78, 5) is 14.8. The fourth-order valence-corrected chi connectivity index (χ4v) is 3.08. The third-order valence-electron chi connectivity index (χ3n) is 4.85. The van der Waals surface area contributed by atoms with Crippen LogP contribution in [0.1, 0.15) is 45.6 Å². The summed E-state index contributed by atoms with van der Waals surface area (Å²) in [5, 5.41) is 3.10. The van der Waals surface area contributed by atoms with Gasteiger partial charge in [-0.15, -0.1) is 12.4 Å². The molecule has 3 N–H and O–H groups in total. The van der Waals surface area contributed by atoms with Gasteiger partial charge in [-0.3, -0.25) is 9.69 Å². The van der Waals surface area contributed by atoms with Crippen molar-refractivity contribution in [2.75, 3.05) is 25.0 Å². The SMILES string of the molecule is CC(C)c1ccccc1NC(=O)C(C)N1CCC(C)(CN)C1.Cl. The van der Waals surface area contributed by atoms with Crippen LogP contribution in [0.25, 0.3) is 0 Å². The molecule has 23 heavy (non-hydrogen) atoms. The molecule has 1 heterocycles. The molecule has 130 valence electrons. The summed E-state index contributed by atoms with van der Waals surface area (Å²) < 4.78 is 0. The molecule has 1 aliphatic heterocycles. The monoisotopic (exact) mass is 339 g/mol. The van der Waals surface area contributed by atoms with Crippen LogP contribution in [0.3, 0.4) is 0 Å². The minimum absolute atomic E-state index is 0. The standard InChI is InChI=1S/C18H29N3O.ClH/c1-13(2)15-7-5-6-8-16(15)20-17(22)14(3)21-10-9-18(4,11-19)12-21;/h5-8,13-14H,9-12,19H2,1-4H3,(H,20,22);1H. The van der Waals surface area contributed by atoms with E-state index >= 15 is 0 Å². The fourth-order valence-electron chi connectivity index (χ4n) is 3.08. The molecule has 1 amide bonds. The second kappa shape index (κ2) is 8.13. The summed E-state index contributed by atoms with van der Waals surface area (Å²) in [7, 11) is 0. The van der Waals surface area contributed by atoms with Gasteiger partial charge in [0.1, 0.15) is 0 Å². The molecule has 2 unspecified atom stereocenters. The van der Waals surface area contributed by atoms with Crippen molar-refractivity contribution in [2.24, 2.45) is 11.1 Å². The van der Waals surface area contributed by atoms with Crippen LogP contribution >= 0.6 is 12.4 Å². The number of benzene rings is 1. The third-order valence-corrected chi connectivity index (χ3v) is 4.85. The highest BCUT2D eigenvalue weighted by Crippen LogP contribution is 2.30. The Morgan fingerprint density at radius 2 is 2.00 bits per heavy atom. The zero-order valence-electron chi connectivity index (χ0n) is 14.6. The molecule has 0 saturated carbocycles. The third kappa shape index (κ3) is 4.69. The number of carbonyl (C=O) groups is 1. The van der Waals surface area contributed by atoms with Crippen molar-refractivity contribution < 1.29 is 4.79 Å². The Balaban J connectivity index is 0.00000264. The molecule has 0 bridgehead atoms. The van der Waals surface area contributed by atoms with E-state index in [9.17, 15) is 4.79 Å². The van der Waals surface area contributed by atoms with Crippen LogP contribution < -0.4 is 11.1 Å². The first kappa shape index (κ1) is 19.9. The number of nitrogens with zero attached hydrogens (tertiary/aromatic N) is 1. The first-order valence-electron chi connectivity index (χ1n) is 8.20. The van der Waals surface area contributed by atoms with Gasteiger partial charge in [0, 0.05) is 12.2 Å². The van der Waals surface area contributed by atoms with E-state index in [4.69, 9.17) is 5.73 Å². The second-order valence-corrected chi connectivity index (χ2v) is 7.14. The number of halogens is 1. The highest BCUT2D eigenvalue weighted by Gasteiger charge is 2.36. The van der Waals surface area contributed by atoms with Gasteiger partial charge in [0.05, 0.1) is 6.04 Å². The topological polar surface area (TPSA) is 58.4 Å². The molecular weight excluding hydrogens is 310 g/mol. The number of hydrogen-bond donors (Lipinski definition) is 2. The number of nitrogens with one attached hydrogen (secondary N) is 1. The average molecular weight is 340 g/mol. The van der Waals surface area contributed by atoms with E-state index < -0.39 is 0 Å². The van der Waals surface area contributed by atoms with Crippen molar-refractivity contribution in [3.8, 4) is 0 Å². The Hall–Kier alpha value is -1.10. The average Bonchev–Trinajstić information content (AvgIpc) is 2.90. The molecule has 1 fully saturated rings. The molecule has 1 aliphatic rings. The van der Waals surface area contributed by atoms with E-state index in [-0.39, 0.29) is 29.8 Å². The number of carbonyl (C=O) groups excluding carboxylic acids is 1. The molecule has 1 aromatic rings. The molecule has 0 radical (unpaired) electrons. The Labute approximate surface area is 146 Å². The van der Waals surface area contributed by atoms with Crippen molar-refractivity contribution in [3.63, 3.8) is 0 Å². The van der Waals surface area contributed by atoms with E-state index in [1.165, 1.54) is 5.56 Å². The van der Waals surface area contributed by atoms with Gasteiger partial charge in [0.25, 0.3) is 0 Å². The molecule has 2 atom stereocenters. The van der Waals surface area contributed by atoms with E-state index in [0.717, 1.165) is 25.2 Å². The smallest absolute Gasteiger partial charge is 0.241 e. The van der Waals surface area contributed by atoms with Gasteiger partial charge in [-0.2, -0.15) is 0 Å². The summed E-state index contributed by atoms with van der Waals surface area (Å²) in [5.74, 6) is 0.452. The number of anilines is 1. The Kier molecular flexibility index (Phi) is 7.05. The summed E-state index contributed by atoms with van der Waals surface area (Å²) in [6, 6.07) is 7.91. The van der Waals surface area contributed by atoms with Crippen molar-refractivity contribution in [3.05, 3.63) is 29.8 Å². The number of likely N-dealkylation sites (tertiary alicyclic amines) is 1. The first-order valence-corrected chi connectivity index (χ1v) is 8.20. The lowest BCUT2D eigenvalue weighted by atomic mass is 9.90. The van der Waals surface area contributed by atoms with Gasteiger partial charge in [0.15, 0.2) is 0 Å². The van der Waals surface area contributed by atoms with Crippen LogP contribution in [0.2, 0.25) is 0 Å². The van der Waals surface area contributed by atoms with Gasteiger partial charge < -0.3 is 11.1 Å². The maximum Gasteiger partial charge on any atom is 0.241 e. The molecule has 0 aromatic heterocycles. The highest BCUT2D eigenvalue weighted by atomic mass is 35.5. The maximum atomic E-state index is 12.6. The summed E-state index contributed by atoms with van der Waals surface area (Å²) in [5.41, 5.74) is 8.10. The van der Waals surface area contributed by atoms with Crippen molar-refractivity contribution in [1.29, 1.82) is 0 Å². The Morgan fingerprint density at radius 3 is 2.57 bits per heavy atom. The molecule has 1 aromatic carbocycles. The van der Waals surface area contributed by atoms with Crippen LogP contribution in [0, 0.1) is 5.41 Å². The van der Waals surface area contributed by atoms with E-state index in [1.54, 1.807) is 0 Å². The Morgan fingerprint density at radius 1 is 1.35 bits per heavy atom. The van der Waals surface area contributed by atoms with Crippen LogP contribution in [0.15, 0.2) is 24.3 Å². The Bertz CT molecular complexity index is 535. The quantitative estimate of drug-likeness (QED) is 0.865.